The van der Waals surface area contributed by atoms with Crippen molar-refractivity contribution in [1.82, 2.24) is 9.38 Å². The Balaban J connectivity index is 1.65. The smallest absolute Gasteiger partial charge is 0.318 e. The molecule has 4 aromatic rings. The average molecular weight is 361 g/mol. The quantitative estimate of drug-likeness (QED) is 0.562. The number of carbonyl (C=O) groups excluding carboxylic acids is 1. The van der Waals surface area contributed by atoms with E-state index >= 15 is 0 Å². The molecule has 0 bridgehead atoms. The molecule has 0 saturated carbocycles. The van der Waals surface area contributed by atoms with Crippen LogP contribution < -0.4 is 5.32 Å². The largest absolute Gasteiger partial charge is 0.471 e. The van der Waals surface area contributed by atoms with Crippen molar-refractivity contribution in [2.45, 2.75) is 6.18 Å². The third kappa shape index (κ3) is 2.85. The third-order valence-corrected chi connectivity index (χ3v) is 4.81. The van der Waals surface area contributed by atoms with Gasteiger partial charge in [0.15, 0.2) is 4.96 Å². The van der Waals surface area contributed by atoms with E-state index in [-0.39, 0.29) is 5.69 Å². The first kappa shape index (κ1) is 15.6. The van der Waals surface area contributed by atoms with E-state index in [1.165, 1.54) is 12.1 Å². The van der Waals surface area contributed by atoms with E-state index in [2.05, 4.69) is 4.98 Å². The van der Waals surface area contributed by atoms with E-state index in [9.17, 15) is 18.0 Å². The lowest BCUT2D eigenvalue weighted by Gasteiger charge is -2.09. The number of anilines is 1. The summed E-state index contributed by atoms with van der Waals surface area (Å²) >= 11 is 1.58. The molecule has 0 spiro atoms. The molecule has 2 aromatic carbocycles. The Morgan fingerprint density at radius 1 is 1.08 bits per heavy atom. The van der Waals surface area contributed by atoms with Crippen molar-refractivity contribution in [3.8, 4) is 11.1 Å². The van der Waals surface area contributed by atoms with Gasteiger partial charge >= 0.3 is 12.1 Å². The summed E-state index contributed by atoms with van der Waals surface area (Å²) in [6, 6.07) is 12.2. The lowest BCUT2D eigenvalue weighted by molar-refractivity contribution is -0.167. The molecule has 25 heavy (non-hydrogen) atoms. The highest BCUT2D eigenvalue weighted by atomic mass is 32.1. The van der Waals surface area contributed by atoms with Crippen LogP contribution in [-0.2, 0) is 4.79 Å². The van der Waals surface area contributed by atoms with Crippen LogP contribution in [0.1, 0.15) is 0 Å². The maximum absolute atomic E-state index is 12.3. The molecule has 0 aliphatic rings. The monoisotopic (exact) mass is 361 g/mol. The molecule has 4 nitrogen and oxygen atoms in total. The van der Waals surface area contributed by atoms with Crippen LogP contribution in [0.4, 0.5) is 18.9 Å². The predicted octanol–water partition coefficient (Wildman–Crippen LogP) is 4.72. The maximum Gasteiger partial charge on any atom is 0.471 e. The predicted molar refractivity (Wildman–Crippen MR) is 90.7 cm³/mol. The van der Waals surface area contributed by atoms with Crippen molar-refractivity contribution >= 4 is 38.1 Å². The Kier molecular flexibility index (Phi) is 3.50. The van der Waals surface area contributed by atoms with Crippen LogP contribution >= 0.6 is 11.3 Å². The number of benzene rings is 2. The normalized spacial score (nSPS) is 12.0. The molecular weight excluding hydrogens is 351 g/mol. The molecule has 2 heterocycles. The molecule has 0 aliphatic carbocycles. The maximum atomic E-state index is 12.3. The van der Waals surface area contributed by atoms with Crippen LogP contribution in [-0.4, -0.2) is 21.5 Å². The van der Waals surface area contributed by atoms with Crippen molar-refractivity contribution < 1.29 is 18.0 Å². The number of alkyl halides is 3. The van der Waals surface area contributed by atoms with Gasteiger partial charge in [-0.15, -0.1) is 0 Å². The SMILES string of the molecule is O=C(Nc1ccc(-c2ccc3sc4nccn4c3c2)cc1)C(F)(F)F. The highest BCUT2D eigenvalue weighted by Crippen LogP contribution is 2.30. The van der Waals surface area contributed by atoms with Crippen LogP contribution in [0.5, 0.6) is 0 Å². The molecule has 0 radical (unpaired) electrons. The number of imidazole rings is 1. The minimum atomic E-state index is -4.90. The van der Waals surface area contributed by atoms with E-state index in [4.69, 9.17) is 0 Å². The minimum absolute atomic E-state index is 0.0969. The van der Waals surface area contributed by atoms with E-state index in [1.807, 2.05) is 34.1 Å². The van der Waals surface area contributed by atoms with Gasteiger partial charge in [-0.25, -0.2) is 4.98 Å². The van der Waals surface area contributed by atoms with Crippen molar-refractivity contribution in [3.63, 3.8) is 0 Å². The van der Waals surface area contributed by atoms with Gasteiger partial charge in [0.1, 0.15) is 0 Å². The van der Waals surface area contributed by atoms with Crippen LogP contribution in [0.25, 0.3) is 26.3 Å². The Hall–Kier alpha value is -2.87. The molecule has 1 amide bonds. The van der Waals surface area contributed by atoms with Crippen LogP contribution in [0.15, 0.2) is 54.9 Å². The molecule has 0 unspecified atom stereocenters. The first-order chi connectivity index (χ1) is 11.9. The topological polar surface area (TPSA) is 46.4 Å². The molecule has 0 atom stereocenters. The Morgan fingerprint density at radius 2 is 1.80 bits per heavy atom. The Bertz CT molecular complexity index is 1080. The van der Waals surface area contributed by atoms with Gasteiger partial charge in [-0.2, -0.15) is 13.2 Å². The number of halogens is 3. The lowest BCUT2D eigenvalue weighted by Crippen LogP contribution is -2.29. The Morgan fingerprint density at radius 3 is 2.52 bits per heavy atom. The molecule has 0 fully saturated rings. The van der Waals surface area contributed by atoms with Gasteiger partial charge in [0.25, 0.3) is 0 Å². The molecule has 0 aliphatic heterocycles. The van der Waals surface area contributed by atoms with Crippen molar-refractivity contribution in [2.75, 3.05) is 5.32 Å². The zero-order valence-corrected chi connectivity index (χ0v) is 13.4. The lowest BCUT2D eigenvalue weighted by atomic mass is 10.1. The summed E-state index contributed by atoms with van der Waals surface area (Å²) in [6.45, 7) is 0. The Labute approximate surface area is 143 Å². The summed E-state index contributed by atoms with van der Waals surface area (Å²) in [5.41, 5.74) is 2.88. The summed E-state index contributed by atoms with van der Waals surface area (Å²) in [7, 11) is 0. The van der Waals surface area contributed by atoms with Crippen molar-refractivity contribution in [3.05, 3.63) is 54.9 Å². The van der Waals surface area contributed by atoms with Gasteiger partial charge in [-0.1, -0.05) is 29.5 Å². The molecule has 0 saturated heterocycles. The fourth-order valence-corrected chi connectivity index (χ4v) is 3.53. The van der Waals surface area contributed by atoms with Gasteiger partial charge in [0, 0.05) is 18.1 Å². The van der Waals surface area contributed by atoms with E-state index in [1.54, 1.807) is 29.7 Å². The second kappa shape index (κ2) is 5.59. The number of rotatable bonds is 2. The van der Waals surface area contributed by atoms with Crippen molar-refractivity contribution in [2.24, 2.45) is 0 Å². The van der Waals surface area contributed by atoms with E-state index in [0.717, 1.165) is 26.3 Å². The number of nitrogens with one attached hydrogen (secondary N) is 1. The molecular formula is C17H10F3N3OS. The van der Waals surface area contributed by atoms with E-state index in [0.29, 0.717) is 0 Å². The number of amides is 1. The number of aromatic nitrogens is 2. The van der Waals surface area contributed by atoms with Crippen LogP contribution in [0.3, 0.4) is 0 Å². The van der Waals surface area contributed by atoms with Gasteiger partial charge in [0.05, 0.1) is 10.2 Å². The van der Waals surface area contributed by atoms with Gasteiger partial charge in [0.2, 0.25) is 0 Å². The average Bonchev–Trinajstić information content (AvgIpc) is 3.15. The van der Waals surface area contributed by atoms with Crippen LogP contribution in [0, 0.1) is 0 Å². The summed E-state index contributed by atoms with van der Waals surface area (Å²) < 4.78 is 39.9. The van der Waals surface area contributed by atoms with Gasteiger partial charge in [-0.05, 0) is 35.4 Å². The minimum Gasteiger partial charge on any atom is -0.318 e. The second-order valence-electron chi connectivity index (χ2n) is 5.39. The molecule has 1 N–H and O–H groups in total. The summed E-state index contributed by atoms with van der Waals surface area (Å²) in [5, 5.41) is 1.83. The zero-order chi connectivity index (χ0) is 17.6. The molecule has 4 rings (SSSR count). The first-order valence-electron chi connectivity index (χ1n) is 7.26. The third-order valence-electron chi connectivity index (χ3n) is 3.76. The summed E-state index contributed by atoms with van der Waals surface area (Å²) in [5.74, 6) is -1.98. The molecule has 2 aromatic heterocycles. The number of fused-ring (bicyclic) bond motifs is 3. The van der Waals surface area contributed by atoms with Crippen LogP contribution in [0.2, 0.25) is 0 Å². The highest BCUT2D eigenvalue weighted by molar-refractivity contribution is 7.23. The number of carbonyl (C=O) groups is 1. The molecule has 126 valence electrons. The number of hydrogen-bond donors (Lipinski definition) is 1. The standard InChI is InChI=1S/C17H10F3N3OS/c18-17(19,20)15(24)22-12-4-1-10(2-5-12)11-3-6-14-13(9-11)23-8-7-21-16(23)25-14/h1-9H,(H,22,24). The highest BCUT2D eigenvalue weighted by Gasteiger charge is 2.38. The molecule has 8 heteroatoms. The van der Waals surface area contributed by atoms with Gasteiger partial charge in [-0.3, -0.25) is 9.20 Å². The summed E-state index contributed by atoms with van der Waals surface area (Å²) in [4.78, 5) is 16.1. The number of thiazole rings is 1. The summed E-state index contributed by atoms with van der Waals surface area (Å²) in [6.07, 6.45) is -1.29. The fourth-order valence-electron chi connectivity index (χ4n) is 2.57. The van der Waals surface area contributed by atoms with Crippen molar-refractivity contribution in [1.29, 1.82) is 0 Å². The van der Waals surface area contributed by atoms with Gasteiger partial charge < -0.3 is 5.32 Å². The number of hydrogen-bond acceptors (Lipinski definition) is 3. The van der Waals surface area contributed by atoms with E-state index < -0.39 is 12.1 Å². The fraction of sp³-hybridized carbons (Fsp3) is 0.0588. The second-order valence-corrected chi connectivity index (χ2v) is 6.40. The zero-order valence-electron chi connectivity index (χ0n) is 12.5. The number of nitrogens with zero attached hydrogens (tertiary/aromatic N) is 2. The first-order valence-corrected chi connectivity index (χ1v) is 8.08.